The highest BCUT2D eigenvalue weighted by atomic mass is 35.5. The fourth-order valence-electron chi connectivity index (χ4n) is 3.93. The topological polar surface area (TPSA) is 67.8 Å². The second-order valence-electron chi connectivity index (χ2n) is 7.36. The molecule has 1 amide bonds. The Bertz CT molecular complexity index is 1320. The average molecular weight is 463 g/mol. The van der Waals surface area contributed by atoms with Gasteiger partial charge >= 0.3 is 5.97 Å². The Morgan fingerprint density at radius 1 is 0.938 bits per heavy atom. The van der Waals surface area contributed by atoms with Gasteiger partial charge in [0.05, 0.1) is 23.4 Å². The van der Waals surface area contributed by atoms with Gasteiger partial charge in [-0.1, -0.05) is 65.7 Å². The van der Waals surface area contributed by atoms with Crippen molar-refractivity contribution in [3.8, 4) is 0 Å². The molecular formula is C25H16Cl2N2O3. The molecule has 5 rings (SSSR count). The minimum absolute atomic E-state index is 0.160. The standard InChI is InChI=1S/C25H16Cl2N2O3/c26-15-10-11-16-18(12-15)22(17-8-4-5-9-20(17)27)28-13-19-21(16)23(30)29-24(19)32-25(31)14-6-2-1-3-7-14/h1-12,24H,13H2,(H,29,30). The Labute approximate surface area is 194 Å². The molecule has 1 N–H and O–H groups in total. The van der Waals surface area contributed by atoms with E-state index in [4.69, 9.17) is 32.9 Å². The van der Waals surface area contributed by atoms with E-state index in [1.54, 1.807) is 48.5 Å². The number of nitrogens with zero attached hydrogens (tertiary/aromatic N) is 1. The molecule has 0 fully saturated rings. The van der Waals surface area contributed by atoms with Crippen molar-refractivity contribution in [2.45, 2.75) is 6.23 Å². The lowest BCUT2D eigenvalue weighted by Gasteiger charge is -2.16. The molecule has 5 nitrogen and oxygen atoms in total. The van der Waals surface area contributed by atoms with Crippen LogP contribution < -0.4 is 5.32 Å². The van der Waals surface area contributed by atoms with Gasteiger partial charge in [-0.2, -0.15) is 0 Å². The molecule has 3 aromatic carbocycles. The minimum Gasteiger partial charge on any atom is -0.434 e. The Kier molecular flexibility index (Phi) is 5.29. The zero-order valence-corrected chi connectivity index (χ0v) is 18.2. The van der Waals surface area contributed by atoms with Crippen LogP contribution >= 0.6 is 23.2 Å². The van der Waals surface area contributed by atoms with E-state index in [1.165, 1.54) is 0 Å². The van der Waals surface area contributed by atoms with Gasteiger partial charge in [-0.3, -0.25) is 9.79 Å². The fourth-order valence-corrected chi connectivity index (χ4v) is 4.32. The average Bonchev–Trinajstić information content (AvgIpc) is 2.99. The van der Waals surface area contributed by atoms with Gasteiger partial charge in [0.2, 0.25) is 6.23 Å². The first-order valence-electron chi connectivity index (χ1n) is 9.92. The predicted octanol–water partition coefficient (Wildman–Crippen LogP) is 4.91. The summed E-state index contributed by atoms with van der Waals surface area (Å²) in [5.74, 6) is -0.856. The second kappa shape index (κ2) is 8.26. The van der Waals surface area contributed by atoms with Crippen LogP contribution in [-0.2, 0) is 9.53 Å². The summed E-state index contributed by atoms with van der Waals surface area (Å²) in [5, 5.41) is 3.81. The van der Waals surface area contributed by atoms with Gasteiger partial charge in [0.1, 0.15) is 0 Å². The molecule has 0 aliphatic carbocycles. The molecule has 1 unspecified atom stereocenters. The number of nitrogens with one attached hydrogen (secondary N) is 1. The number of carbonyl (C=O) groups excluding carboxylic acids is 2. The van der Waals surface area contributed by atoms with Crippen LogP contribution in [0.2, 0.25) is 10.0 Å². The molecule has 0 aromatic heterocycles. The minimum atomic E-state index is -0.914. The van der Waals surface area contributed by atoms with Crippen LogP contribution in [-0.4, -0.2) is 30.4 Å². The molecule has 0 bridgehead atoms. The zero-order chi connectivity index (χ0) is 22.2. The Morgan fingerprint density at radius 2 is 1.69 bits per heavy atom. The first-order valence-corrected chi connectivity index (χ1v) is 10.7. The summed E-state index contributed by atoms with van der Waals surface area (Å²) in [6, 6.07) is 21.3. The summed E-state index contributed by atoms with van der Waals surface area (Å²) in [6.45, 7) is 0.160. The van der Waals surface area contributed by atoms with E-state index in [0.717, 1.165) is 5.56 Å². The number of ether oxygens (including phenoxy) is 1. The highest BCUT2D eigenvalue weighted by Gasteiger charge is 2.38. The van der Waals surface area contributed by atoms with Gasteiger partial charge in [-0.15, -0.1) is 0 Å². The lowest BCUT2D eigenvalue weighted by Crippen LogP contribution is -2.34. The summed E-state index contributed by atoms with van der Waals surface area (Å²) in [5.41, 5.74) is 4.15. The molecule has 1 atom stereocenters. The number of halogens is 2. The number of rotatable bonds is 3. The van der Waals surface area contributed by atoms with Crippen molar-refractivity contribution in [2.24, 2.45) is 4.99 Å². The van der Waals surface area contributed by atoms with E-state index in [-0.39, 0.29) is 12.5 Å². The molecule has 2 aliphatic heterocycles. The Morgan fingerprint density at radius 3 is 2.47 bits per heavy atom. The molecule has 0 spiro atoms. The van der Waals surface area contributed by atoms with Crippen molar-refractivity contribution >= 4 is 46.4 Å². The predicted molar refractivity (Wildman–Crippen MR) is 124 cm³/mol. The molecular weight excluding hydrogens is 447 g/mol. The van der Waals surface area contributed by atoms with Gasteiger partial charge in [0, 0.05) is 26.7 Å². The van der Waals surface area contributed by atoms with Crippen LogP contribution in [0.4, 0.5) is 0 Å². The van der Waals surface area contributed by atoms with Gasteiger partial charge in [-0.25, -0.2) is 4.79 Å². The third kappa shape index (κ3) is 3.60. The highest BCUT2D eigenvalue weighted by molar-refractivity contribution is 6.37. The van der Waals surface area contributed by atoms with E-state index >= 15 is 0 Å². The van der Waals surface area contributed by atoms with E-state index in [2.05, 4.69) is 5.32 Å². The van der Waals surface area contributed by atoms with Gasteiger partial charge in [-0.05, 0) is 35.9 Å². The fraction of sp³-hybridized carbons (Fsp3) is 0.0800. The quantitative estimate of drug-likeness (QED) is 0.562. The Hall–Kier alpha value is -3.41. The number of fused-ring (bicyclic) bond motifs is 2. The smallest absolute Gasteiger partial charge is 0.340 e. The Balaban J connectivity index is 1.60. The van der Waals surface area contributed by atoms with Crippen LogP contribution in [0, 0.1) is 0 Å². The number of hydrogen-bond donors (Lipinski definition) is 1. The maximum absolute atomic E-state index is 13.0. The number of aliphatic imine (C=N–C) groups is 1. The lowest BCUT2D eigenvalue weighted by atomic mass is 9.92. The van der Waals surface area contributed by atoms with E-state index in [9.17, 15) is 9.59 Å². The maximum Gasteiger partial charge on any atom is 0.340 e. The second-order valence-corrected chi connectivity index (χ2v) is 8.20. The van der Waals surface area contributed by atoms with Crippen LogP contribution in [0.1, 0.15) is 27.0 Å². The third-order valence-electron chi connectivity index (χ3n) is 5.40. The van der Waals surface area contributed by atoms with Crippen molar-refractivity contribution in [2.75, 3.05) is 6.54 Å². The summed E-state index contributed by atoms with van der Waals surface area (Å²) in [7, 11) is 0. The van der Waals surface area contributed by atoms with Crippen molar-refractivity contribution in [3.63, 3.8) is 0 Å². The van der Waals surface area contributed by atoms with Crippen molar-refractivity contribution in [3.05, 3.63) is 111 Å². The number of esters is 1. The van der Waals surface area contributed by atoms with Crippen molar-refractivity contribution in [1.29, 1.82) is 0 Å². The van der Waals surface area contributed by atoms with E-state index < -0.39 is 12.2 Å². The molecule has 2 heterocycles. The normalized spacial score (nSPS) is 17.1. The van der Waals surface area contributed by atoms with Crippen LogP contribution in [0.5, 0.6) is 0 Å². The van der Waals surface area contributed by atoms with Gasteiger partial charge in [0.15, 0.2) is 0 Å². The van der Waals surface area contributed by atoms with Gasteiger partial charge in [0.25, 0.3) is 5.91 Å². The van der Waals surface area contributed by atoms with Crippen LogP contribution in [0.3, 0.4) is 0 Å². The number of carbonyl (C=O) groups is 2. The molecule has 3 aromatic rings. The highest BCUT2D eigenvalue weighted by Crippen LogP contribution is 2.36. The first kappa shape index (κ1) is 20.5. The number of amides is 1. The SMILES string of the molecule is O=C1NC(OC(=O)c2ccccc2)C2=C1c1ccc(Cl)cc1C(c1ccccc1Cl)=NC2. The molecule has 0 radical (unpaired) electrons. The molecule has 32 heavy (non-hydrogen) atoms. The zero-order valence-electron chi connectivity index (χ0n) is 16.6. The van der Waals surface area contributed by atoms with Crippen molar-refractivity contribution in [1.82, 2.24) is 5.32 Å². The number of benzene rings is 3. The van der Waals surface area contributed by atoms with E-state index in [1.807, 2.05) is 24.3 Å². The molecule has 0 saturated heterocycles. The third-order valence-corrected chi connectivity index (χ3v) is 5.97. The van der Waals surface area contributed by atoms with Gasteiger partial charge < -0.3 is 10.1 Å². The summed E-state index contributed by atoms with van der Waals surface area (Å²) in [4.78, 5) is 30.4. The largest absolute Gasteiger partial charge is 0.434 e. The van der Waals surface area contributed by atoms with Crippen LogP contribution in [0.25, 0.3) is 5.57 Å². The summed E-state index contributed by atoms with van der Waals surface area (Å²) >= 11 is 12.7. The van der Waals surface area contributed by atoms with Crippen LogP contribution in [0.15, 0.2) is 83.4 Å². The maximum atomic E-state index is 13.0. The monoisotopic (exact) mass is 462 g/mol. The van der Waals surface area contributed by atoms with Crippen molar-refractivity contribution < 1.29 is 14.3 Å². The van der Waals surface area contributed by atoms with E-state index in [0.29, 0.717) is 43.6 Å². The number of hydrogen-bond acceptors (Lipinski definition) is 4. The summed E-state index contributed by atoms with van der Waals surface area (Å²) in [6.07, 6.45) is -0.914. The molecule has 158 valence electrons. The molecule has 0 saturated carbocycles. The lowest BCUT2D eigenvalue weighted by molar-refractivity contribution is -0.116. The molecule has 2 aliphatic rings. The molecule has 7 heteroatoms. The summed E-state index contributed by atoms with van der Waals surface area (Å²) < 4.78 is 5.65. The first-order chi connectivity index (χ1) is 15.5.